The third-order valence-electron chi connectivity index (χ3n) is 3.74. The number of nitrogens with zero attached hydrogens (tertiary/aromatic N) is 2. The van der Waals surface area contributed by atoms with E-state index in [9.17, 15) is 9.59 Å². The van der Waals surface area contributed by atoms with Gasteiger partial charge in [-0.1, -0.05) is 35.9 Å². The lowest BCUT2D eigenvalue weighted by atomic mass is 10.2. The zero-order valence-electron chi connectivity index (χ0n) is 14.6. The summed E-state index contributed by atoms with van der Waals surface area (Å²) in [7, 11) is 0. The molecule has 0 saturated carbocycles. The Morgan fingerprint density at radius 3 is 2.75 bits per heavy atom. The fraction of sp³-hybridized carbons (Fsp3) is 0.150. The Bertz CT molecular complexity index is 971. The van der Waals surface area contributed by atoms with E-state index in [2.05, 4.69) is 0 Å². The van der Waals surface area contributed by atoms with E-state index >= 15 is 0 Å². The Morgan fingerprint density at radius 1 is 1.14 bits per heavy atom. The number of nitriles is 1. The first-order chi connectivity index (χ1) is 13.6. The van der Waals surface area contributed by atoms with Gasteiger partial charge in [0.05, 0.1) is 16.5 Å². The Labute approximate surface area is 171 Å². The molecule has 1 fully saturated rings. The van der Waals surface area contributed by atoms with Gasteiger partial charge in [0.2, 0.25) is 0 Å². The van der Waals surface area contributed by atoms with E-state index in [0.717, 1.165) is 16.7 Å². The van der Waals surface area contributed by atoms with E-state index in [1.165, 1.54) is 0 Å². The highest BCUT2D eigenvalue weighted by atomic mass is 35.5. The third-order valence-corrected chi connectivity index (χ3v) is 4.96. The summed E-state index contributed by atoms with van der Waals surface area (Å²) in [5, 5.41) is 8.70. The lowest BCUT2D eigenvalue weighted by Crippen LogP contribution is -2.32. The van der Waals surface area contributed by atoms with Gasteiger partial charge in [0.25, 0.3) is 11.1 Å². The highest BCUT2D eigenvalue weighted by Crippen LogP contribution is 2.32. The van der Waals surface area contributed by atoms with Gasteiger partial charge in [0, 0.05) is 0 Å². The van der Waals surface area contributed by atoms with Crippen LogP contribution in [0.3, 0.4) is 0 Å². The van der Waals surface area contributed by atoms with Crippen LogP contribution in [0, 0.1) is 11.3 Å². The lowest BCUT2D eigenvalue weighted by molar-refractivity contribution is -0.123. The molecule has 2 aromatic carbocycles. The van der Waals surface area contributed by atoms with E-state index in [1.54, 1.807) is 54.6 Å². The fourth-order valence-corrected chi connectivity index (χ4v) is 3.52. The molecule has 0 radical (unpaired) electrons. The number of imide groups is 1. The number of benzene rings is 2. The van der Waals surface area contributed by atoms with Gasteiger partial charge in [-0.15, -0.1) is 0 Å². The minimum atomic E-state index is -0.374. The van der Waals surface area contributed by atoms with Crippen LogP contribution in [-0.2, 0) is 4.79 Å². The standard InChI is InChI=1S/C20H15ClN2O4S/c21-16-6-1-2-7-17(16)27-11-9-23-19(24)18(28-20(23)25)13-14-4-3-5-15(12-14)26-10-8-22/h1-7,12-13H,9-11H2/b18-13-. The number of hydrogen-bond donors (Lipinski definition) is 0. The molecule has 0 aromatic heterocycles. The van der Waals surface area contributed by atoms with Crippen LogP contribution < -0.4 is 9.47 Å². The van der Waals surface area contributed by atoms with Crippen molar-refractivity contribution in [2.75, 3.05) is 19.8 Å². The van der Waals surface area contributed by atoms with Crippen molar-refractivity contribution in [3.05, 3.63) is 64.0 Å². The molecule has 1 heterocycles. The molecule has 8 heteroatoms. The number of rotatable bonds is 7. The fourth-order valence-electron chi connectivity index (χ4n) is 2.46. The molecule has 6 nitrogen and oxygen atoms in total. The van der Waals surface area contributed by atoms with Crippen molar-refractivity contribution in [3.8, 4) is 17.6 Å². The molecule has 0 aliphatic carbocycles. The first-order valence-corrected chi connectivity index (χ1v) is 9.50. The van der Waals surface area contributed by atoms with Gasteiger partial charge in [-0.2, -0.15) is 5.26 Å². The number of para-hydroxylation sites is 1. The highest BCUT2D eigenvalue weighted by molar-refractivity contribution is 8.18. The van der Waals surface area contributed by atoms with Gasteiger partial charge in [0.15, 0.2) is 6.61 Å². The highest BCUT2D eigenvalue weighted by Gasteiger charge is 2.34. The van der Waals surface area contributed by atoms with Crippen molar-refractivity contribution >= 4 is 40.6 Å². The van der Waals surface area contributed by atoms with Crippen LogP contribution >= 0.6 is 23.4 Å². The largest absolute Gasteiger partial charge is 0.490 e. The average Bonchev–Trinajstić information content (AvgIpc) is 2.95. The van der Waals surface area contributed by atoms with Crippen molar-refractivity contribution in [1.29, 1.82) is 5.26 Å². The van der Waals surface area contributed by atoms with Crippen LogP contribution in [0.4, 0.5) is 4.79 Å². The Balaban J connectivity index is 1.64. The van der Waals surface area contributed by atoms with Gasteiger partial charge < -0.3 is 9.47 Å². The predicted octanol–water partition coefficient (Wildman–Crippen LogP) is 4.36. The molecule has 0 bridgehead atoms. The molecule has 1 saturated heterocycles. The number of hydrogen-bond acceptors (Lipinski definition) is 6. The monoisotopic (exact) mass is 414 g/mol. The third kappa shape index (κ3) is 4.85. The van der Waals surface area contributed by atoms with Gasteiger partial charge in [-0.3, -0.25) is 14.5 Å². The lowest BCUT2D eigenvalue weighted by Gasteiger charge is -2.13. The molecule has 0 N–H and O–H groups in total. The smallest absolute Gasteiger partial charge is 0.293 e. The molecular weight excluding hydrogens is 400 g/mol. The minimum Gasteiger partial charge on any atom is -0.490 e. The van der Waals surface area contributed by atoms with Crippen LogP contribution in [0.1, 0.15) is 5.56 Å². The predicted molar refractivity (Wildman–Crippen MR) is 107 cm³/mol. The van der Waals surface area contributed by atoms with Gasteiger partial charge >= 0.3 is 0 Å². The molecule has 1 aliphatic rings. The molecule has 142 valence electrons. The maximum Gasteiger partial charge on any atom is 0.293 e. The number of ether oxygens (including phenoxy) is 2. The average molecular weight is 415 g/mol. The number of amides is 2. The first-order valence-electron chi connectivity index (χ1n) is 8.31. The second-order valence-corrected chi connectivity index (χ2v) is 7.03. The van der Waals surface area contributed by atoms with Gasteiger partial charge in [0.1, 0.15) is 24.2 Å². The maximum atomic E-state index is 12.5. The van der Waals surface area contributed by atoms with Crippen molar-refractivity contribution in [1.82, 2.24) is 4.90 Å². The van der Waals surface area contributed by atoms with Gasteiger partial charge in [-0.25, -0.2) is 0 Å². The van der Waals surface area contributed by atoms with E-state index in [1.807, 2.05) is 6.07 Å². The number of carbonyl (C=O) groups is 2. The first kappa shape index (κ1) is 19.8. The molecule has 28 heavy (non-hydrogen) atoms. The minimum absolute atomic E-state index is 0.0641. The van der Waals surface area contributed by atoms with E-state index < -0.39 is 0 Å². The summed E-state index contributed by atoms with van der Waals surface area (Å²) in [6.07, 6.45) is 1.62. The van der Waals surface area contributed by atoms with E-state index in [0.29, 0.717) is 27.0 Å². The number of carbonyl (C=O) groups excluding carboxylic acids is 2. The molecular formula is C20H15ClN2O4S. The summed E-state index contributed by atoms with van der Waals surface area (Å²) in [5.41, 5.74) is 0.702. The summed E-state index contributed by atoms with van der Waals surface area (Å²) in [5.74, 6) is 0.643. The molecule has 0 spiro atoms. The number of halogens is 1. The quantitative estimate of drug-likeness (QED) is 0.626. The van der Waals surface area contributed by atoms with Crippen LogP contribution in [-0.4, -0.2) is 35.8 Å². The Morgan fingerprint density at radius 2 is 1.96 bits per heavy atom. The maximum absolute atomic E-state index is 12.5. The summed E-state index contributed by atoms with van der Waals surface area (Å²) in [6, 6.07) is 15.8. The van der Waals surface area contributed by atoms with Crippen molar-refractivity contribution < 1.29 is 19.1 Å². The molecule has 3 rings (SSSR count). The zero-order chi connectivity index (χ0) is 19.9. The van der Waals surface area contributed by atoms with Crippen LogP contribution in [0.15, 0.2) is 53.4 Å². The Kier molecular flexibility index (Phi) is 6.58. The topological polar surface area (TPSA) is 79.6 Å². The normalized spacial score (nSPS) is 15.0. The van der Waals surface area contributed by atoms with Crippen LogP contribution in [0.2, 0.25) is 5.02 Å². The molecule has 0 atom stereocenters. The second-order valence-electron chi connectivity index (χ2n) is 5.63. The zero-order valence-corrected chi connectivity index (χ0v) is 16.2. The second kappa shape index (κ2) is 9.31. The van der Waals surface area contributed by atoms with E-state index in [-0.39, 0.29) is 30.9 Å². The SMILES string of the molecule is N#CCOc1cccc(/C=C2\SC(=O)N(CCOc3ccccc3Cl)C2=O)c1. The van der Waals surface area contributed by atoms with Crippen LogP contribution in [0.25, 0.3) is 6.08 Å². The summed E-state index contributed by atoms with van der Waals surface area (Å²) < 4.78 is 10.8. The van der Waals surface area contributed by atoms with Crippen molar-refractivity contribution in [2.24, 2.45) is 0 Å². The van der Waals surface area contributed by atoms with Gasteiger partial charge in [-0.05, 0) is 47.7 Å². The molecule has 2 aromatic rings. The summed E-state index contributed by atoms with van der Waals surface area (Å²) >= 11 is 6.89. The number of thioether (sulfide) groups is 1. The summed E-state index contributed by atoms with van der Waals surface area (Å²) in [4.78, 5) is 26.2. The van der Waals surface area contributed by atoms with Crippen LogP contribution in [0.5, 0.6) is 11.5 Å². The molecule has 1 aliphatic heterocycles. The van der Waals surface area contributed by atoms with E-state index in [4.69, 9.17) is 26.3 Å². The Hall–Kier alpha value is -2.95. The molecule has 0 unspecified atom stereocenters. The van der Waals surface area contributed by atoms with Crippen molar-refractivity contribution in [2.45, 2.75) is 0 Å². The van der Waals surface area contributed by atoms with Crippen molar-refractivity contribution in [3.63, 3.8) is 0 Å². The molecule has 2 amide bonds. The summed E-state index contributed by atoms with van der Waals surface area (Å²) in [6.45, 7) is 0.205.